The summed E-state index contributed by atoms with van der Waals surface area (Å²) in [6.07, 6.45) is 31.9. The Balaban J connectivity index is 1.02. The summed E-state index contributed by atoms with van der Waals surface area (Å²) in [6.45, 7) is 4.67. The SMILES string of the molecule is CC1C=CC(C2N=C(c3ccc(N4C5=Cc6c(c7ccccc7n6C6(C)C=CC=CC6)CC5c5cc(-c6ccccc6)ccc54)cc3)NC(C3C=CC=CC3)[NH2+]2)=CC1. The highest BCUT2D eigenvalue weighted by atomic mass is 15.3. The van der Waals surface area contributed by atoms with Gasteiger partial charge < -0.3 is 20.1 Å². The Bertz CT molecular complexity index is 2680. The summed E-state index contributed by atoms with van der Waals surface area (Å²) >= 11 is 0. The van der Waals surface area contributed by atoms with Crippen LogP contribution in [0.15, 0.2) is 180 Å². The number of nitrogens with one attached hydrogen (secondary N) is 1. The lowest BCUT2D eigenvalue weighted by Crippen LogP contribution is -3.01. The van der Waals surface area contributed by atoms with Gasteiger partial charge in [0.2, 0.25) is 6.17 Å². The number of aliphatic imine (C=N–C) groups is 1. The molecule has 3 N–H and O–H groups in total. The van der Waals surface area contributed by atoms with Crippen LogP contribution in [0.5, 0.6) is 0 Å². The van der Waals surface area contributed by atoms with Gasteiger partial charge in [-0.15, -0.1) is 0 Å². The van der Waals surface area contributed by atoms with Crippen molar-refractivity contribution in [2.45, 2.75) is 63.3 Å². The molecule has 0 spiro atoms. The summed E-state index contributed by atoms with van der Waals surface area (Å²) in [5, 5.41) is 7.66. The van der Waals surface area contributed by atoms with Crippen molar-refractivity contribution in [2.24, 2.45) is 16.8 Å². The minimum Gasteiger partial charge on any atom is -0.331 e. The largest absolute Gasteiger partial charge is 0.331 e. The van der Waals surface area contributed by atoms with Crippen LogP contribution in [0.3, 0.4) is 0 Å². The van der Waals surface area contributed by atoms with E-state index >= 15 is 0 Å². The average molecular weight is 757 g/mol. The molecule has 0 fully saturated rings. The first-order chi connectivity index (χ1) is 28.5. The standard InChI is InChI=1S/C53H49N5/c1-35-20-22-38(23-21-35)51-54-50(37-16-8-4-9-17-37)55-52(56-51)39-24-27-41(28-25-39)57-46-29-26-40(36-14-6-3-7-15-36)32-43(46)45-33-44-42-18-10-11-19-47(42)58(49(44)34-48(45)57)53(2)30-12-5-13-31-53/h3-16,18-20,22-30,32,34-35,37,45,50-51,54H,17,21,31,33H2,1-2H3,(H,55,56)/p+1. The fourth-order valence-corrected chi connectivity index (χ4v) is 10.3. The lowest BCUT2D eigenvalue weighted by molar-refractivity contribution is -0.723. The number of rotatable bonds is 6. The molecular weight excluding hydrogens is 707 g/mol. The molecule has 11 rings (SSSR count). The number of nitrogens with zero attached hydrogens (tertiary/aromatic N) is 3. The number of benzene rings is 4. The van der Waals surface area contributed by atoms with Gasteiger partial charge in [-0.2, -0.15) is 0 Å². The summed E-state index contributed by atoms with van der Waals surface area (Å²) in [5.41, 5.74) is 14.0. The first-order valence-electron chi connectivity index (χ1n) is 21.2. The van der Waals surface area contributed by atoms with Gasteiger partial charge in [-0.25, -0.2) is 4.99 Å². The van der Waals surface area contributed by atoms with Crippen LogP contribution in [0.4, 0.5) is 11.4 Å². The van der Waals surface area contributed by atoms with Gasteiger partial charge in [0.15, 0.2) is 6.17 Å². The Kier molecular flexibility index (Phi) is 8.48. The number of quaternary nitrogens is 1. The highest BCUT2D eigenvalue weighted by Gasteiger charge is 2.41. The Hall–Kier alpha value is -6.17. The van der Waals surface area contributed by atoms with Crippen LogP contribution in [0, 0.1) is 11.8 Å². The Morgan fingerprint density at radius 2 is 1.64 bits per heavy atom. The monoisotopic (exact) mass is 756 g/mol. The maximum atomic E-state index is 5.37. The molecule has 0 radical (unpaired) electrons. The molecule has 286 valence electrons. The van der Waals surface area contributed by atoms with Crippen LogP contribution in [0.2, 0.25) is 0 Å². The molecule has 5 aromatic rings. The van der Waals surface area contributed by atoms with Crippen molar-refractivity contribution in [3.63, 3.8) is 0 Å². The Morgan fingerprint density at radius 1 is 0.810 bits per heavy atom. The van der Waals surface area contributed by atoms with E-state index < -0.39 is 0 Å². The van der Waals surface area contributed by atoms with Crippen molar-refractivity contribution in [1.82, 2.24) is 9.88 Å². The van der Waals surface area contributed by atoms with Gasteiger partial charge in [-0.3, -0.25) is 0 Å². The number of aromatic nitrogens is 1. The number of fused-ring (bicyclic) bond motifs is 6. The second-order valence-electron chi connectivity index (χ2n) is 17.2. The third-order valence-electron chi connectivity index (χ3n) is 13.3. The van der Waals surface area contributed by atoms with E-state index in [1.54, 1.807) is 0 Å². The molecule has 5 heteroatoms. The number of allylic oxidation sites excluding steroid dienone is 10. The van der Waals surface area contributed by atoms with Crippen molar-refractivity contribution in [1.29, 1.82) is 0 Å². The van der Waals surface area contributed by atoms with E-state index in [0.717, 1.165) is 37.1 Å². The lowest BCUT2D eigenvalue weighted by Gasteiger charge is -2.34. The van der Waals surface area contributed by atoms with Crippen LogP contribution in [-0.2, 0) is 12.0 Å². The lowest BCUT2D eigenvalue weighted by atomic mass is 9.84. The molecule has 58 heavy (non-hydrogen) atoms. The molecule has 1 aromatic heterocycles. The molecule has 6 unspecified atom stereocenters. The summed E-state index contributed by atoms with van der Waals surface area (Å²) in [4.78, 5) is 7.91. The first-order valence-corrected chi connectivity index (χ1v) is 21.2. The first kappa shape index (κ1) is 35.0. The molecule has 6 aliphatic rings. The van der Waals surface area contributed by atoms with Crippen LogP contribution >= 0.6 is 0 Å². The number of hydrogen-bond donors (Lipinski definition) is 2. The summed E-state index contributed by atoms with van der Waals surface area (Å²) < 4.78 is 2.62. The third kappa shape index (κ3) is 5.91. The smallest absolute Gasteiger partial charge is 0.209 e. The van der Waals surface area contributed by atoms with Gasteiger partial charge in [0.25, 0.3) is 0 Å². The maximum Gasteiger partial charge on any atom is 0.209 e. The van der Waals surface area contributed by atoms with E-state index in [0.29, 0.717) is 11.8 Å². The van der Waals surface area contributed by atoms with Gasteiger partial charge in [0.1, 0.15) is 5.84 Å². The van der Waals surface area contributed by atoms with Crippen molar-refractivity contribution in [3.05, 3.63) is 198 Å². The van der Waals surface area contributed by atoms with Crippen LogP contribution in [0.25, 0.3) is 28.1 Å². The zero-order valence-corrected chi connectivity index (χ0v) is 33.3. The Labute approximate surface area is 341 Å². The van der Waals surface area contributed by atoms with Gasteiger partial charge in [0, 0.05) is 50.7 Å². The van der Waals surface area contributed by atoms with Gasteiger partial charge >= 0.3 is 0 Å². The molecule has 0 saturated heterocycles. The van der Waals surface area contributed by atoms with Crippen molar-refractivity contribution in [3.8, 4) is 11.1 Å². The Morgan fingerprint density at radius 3 is 2.43 bits per heavy atom. The molecule has 3 heterocycles. The van der Waals surface area contributed by atoms with Crippen molar-refractivity contribution >= 4 is 34.2 Å². The second-order valence-corrected chi connectivity index (χ2v) is 17.2. The molecule has 0 saturated carbocycles. The fraction of sp³-hybridized carbons (Fsp3) is 0.226. The maximum absolute atomic E-state index is 5.37. The molecule has 4 aliphatic carbocycles. The minimum atomic E-state index is -0.156. The zero-order valence-electron chi connectivity index (χ0n) is 33.3. The number of para-hydroxylation sites is 1. The molecule has 5 nitrogen and oxygen atoms in total. The van der Waals surface area contributed by atoms with E-state index in [4.69, 9.17) is 4.99 Å². The number of hydrogen-bond acceptors (Lipinski definition) is 3. The average Bonchev–Trinajstić information content (AvgIpc) is 3.78. The quantitative estimate of drug-likeness (QED) is 0.181. The van der Waals surface area contributed by atoms with Crippen molar-refractivity contribution < 1.29 is 5.32 Å². The predicted molar refractivity (Wildman–Crippen MR) is 240 cm³/mol. The van der Waals surface area contributed by atoms with Gasteiger partial charge in [0.05, 0.1) is 11.5 Å². The van der Waals surface area contributed by atoms with Crippen LogP contribution in [0.1, 0.15) is 61.4 Å². The van der Waals surface area contributed by atoms with Crippen molar-refractivity contribution in [2.75, 3.05) is 4.90 Å². The molecule has 6 atom stereocenters. The van der Waals surface area contributed by atoms with E-state index in [2.05, 4.69) is 204 Å². The van der Waals surface area contributed by atoms with E-state index in [-0.39, 0.29) is 23.8 Å². The second kappa shape index (κ2) is 14.0. The van der Waals surface area contributed by atoms with E-state index in [1.165, 1.54) is 61.5 Å². The molecule has 2 aliphatic heterocycles. The van der Waals surface area contributed by atoms with E-state index in [9.17, 15) is 0 Å². The number of anilines is 2. The third-order valence-corrected chi connectivity index (χ3v) is 13.3. The summed E-state index contributed by atoms with van der Waals surface area (Å²) in [5.74, 6) is 2.17. The topological polar surface area (TPSA) is 49.2 Å². The predicted octanol–water partition coefficient (Wildman–Crippen LogP) is 10.6. The van der Waals surface area contributed by atoms with Crippen LogP contribution < -0.4 is 15.5 Å². The molecule has 0 bridgehead atoms. The number of amidine groups is 1. The molecule has 0 amide bonds. The normalized spacial score (nSPS) is 26.8. The van der Waals surface area contributed by atoms with Gasteiger partial charge in [-0.1, -0.05) is 128 Å². The fourth-order valence-electron chi connectivity index (χ4n) is 10.3. The molecule has 4 aromatic carbocycles. The molecular formula is C53H50N5+. The highest BCUT2D eigenvalue weighted by molar-refractivity contribution is 6.00. The van der Waals surface area contributed by atoms with E-state index in [1.807, 2.05) is 0 Å². The summed E-state index contributed by atoms with van der Waals surface area (Å²) in [7, 11) is 0. The summed E-state index contributed by atoms with van der Waals surface area (Å²) in [6, 6.07) is 36.2. The zero-order chi connectivity index (χ0) is 38.8. The van der Waals surface area contributed by atoms with Gasteiger partial charge in [-0.05, 0) is 109 Å². The highest BCUT2D eigenvalue weighted by Crippen LogP contribution is 2.54. The number of nitrogens with two attached hydrogens (primary N) is 1. The minimum absolute atomic E-state index is 0.0266. The van der Waals surface area contributed by atoms with Crippen LogP contribution in [-0.4, -0.2) is 22.7 Å².